The maximum Gasteiger partial charge on any atom is 0.322 e. The van der Waals surface area contributed by atoms with Crippen molar-refractivity contribution in [3.8, 4) is 5.75 Å². The largest absolute Gasteiger partial charge is 0.496 e. The number of para-hydroxylation sites is 3. The van der Waals surface area contributed by atoms with Crippen LogP contribution in [0.5, 0.6) is 5.75 Å². The lowest BCUT2D eigenvalue weighted by atomic mass is 10.1. The Morgan fingerprint density at radius 2 is 1.60 bits per heavy atom. The van der Waals surface area contributed by atoms with E-state index in [1.807, 2.05) is 48.7 Å². The number of hydrogen-bond donors (Lipinski definition) is 2. The average molecular weight is 584 g/mol. The number of carbonyl (C=O) groups excluding carboxylic acids is 2. The zero-order chi connectivity index (χ0) is 28.5. The van der Waals surface area contributed by atoms with Gasteiger partial charge in [0.2, 0.25) is 5.91 Å². The van der Waals surface area contributed by atoms with Crippen molar-refractivity contribution in [1.29, 1.82) is 0 Å². The summed E-state index contributed by atoms with van der Waals surface area (Å²) in [6.07, 6.45) is 2.60. The molecule has 0 spiro atoms. The van der Waals surface area contributed by atoms with Gasteiger partial charge in [-0.3, -0.25) is 4.79 Å². The summed E-state index contributed by atoms with van der Waals surface area (Å²) in [5.41, 5.74) is 3.31. The van der Waals surface area contributed by atoms with Gasteiger partial charge < -0.3 is 29.6 Å². The van der Waals surface area contributed by atoms with Gasteiger partial charge in [0.05, 0.1) is 29.4 Å². The maximum atomic E-state index is 13.8. The molecule has 10 heteroatoms. The number of fused-ring (bicyclic) bond motifs is 1. The van der Waals surface area contributed by atoms with E-state index >= 15 is 0 Å². The molecule has 0 saturated heterocycles. The minimum Gasteiger partial charge on any atom is -0.496 e. The van der Waals surface area contributed by atoms with Crippen molar-refractivity contribution < 1.29 is 19.1 Å². The van der Waals surface area contributed by atoms with Crippen LogP contribution in [0.1, 0.15) is 11.1 Å². The van der Waals surface area contributed by atoms with Crippen LogP contribution in [-0.2, 0) is 22.5 Å². The highest BCUT2D eigenvalue weighted by molar-refractivity contribution is 6.39. The van der Waals surface area contributed by atoms with E-state index in [4.69, 9.17) is 32.7 Å². The van der Waals surface area contributed by atoms with E-state index in [9.17, 15) is 9.59 Å². The van der Waals surface area contributed by atoms with Gasteiger partial charge in [-0.1, -0.05) is 65.7 Å². The van der Waals surface area contributed by atoms with E-state index in [0.29, 0.717) is 35.3 Å². The first-order chi connectivity index (χ1) is 19.4. The highest BCUT2D eigenvalue weighted by atomic mass is 35.5. The van der Waals surface area contributed by atoms with Crippen molar-refractivity contribution in [1.82, 2.24) is 14.8 Å². The van der Waals surface area contributed by atoms with Gasteiger partial charge in [-0.25, -0.2) is 4.79 Å². The van der Waals surface area contributed by atoms with E-state index < -0.39 is 6.03 Å². The third-order valence-electron chi connectivity index (χ3n) is 6.61. The van der Waals surface area contributed by atoms with Gasteiger partial charge in [-0.2, -0.15) is 0 Å². The molecule has 40 heavy (non-hydrogen) atoms. The van der Waals surface area contributed by atoms with E-state index in [-0.39, 0.29) is 31.3 Å². The molecule has 0 atom stereocenters. The second kappa shape index (κ2) is 14.1. The minimum atomic E-state index is -0.505. The number of ether oxygens (including phenoxy) is 2. The Morgan fingerprint density at radius 1 is 0.875 bits per heavy atom. The third kappa shape index (κ3) is 7.27. The molecule has 4 aromatic rings. The summed E-state index contributed by atoms with van der Waals surface area (Å²) in [7, 11) is 3.14. The molecule has 0 aliphatic heterocycles. The zero-order valence-electron chi connectivity index (χ0n) is 22.5. The van der Waals surface area contributed by atoms with Crippen molar-refractivity contribution in [3.05, 3.63) is 94.1 Å². The second-order valence-corrected chi connectivity index (χ2v) is 9.99. The van der Waals surface area contributed by atoms with Crippen molar-refractivity contribution in [3.63, 3.8) is 0 Å². The number of aromatic nitrogens is 1. The van der Waals surface area contributed by atoms with Gasteiger partial charge >= 0.3 is 6.03 Å². The molecule has 0 aliphatic carbocycles. The number of nitrogens with one attached hydrogen (secondary N) is 2. The van der Waals surface area contributed by atoms with Crippen molar-refractivity contribution in [2.24, 2.45) is 0 Å². The predicted octanol–water partition coefficient (Wildman–Crippen LogP) is 6.24. The normalized spacial score (nSPS) is 10.9. The summed E-state index contributed by atoms with van der Waals surface area (Å²) in [4.78, 5) is 33.5. The molecule has 1 aromatic heterocycles. The highest BCUT2D eigenvalue weighted by Crippen LogP contribution is 2.30. The van der Waals surface area contributed by atoms with Crippen LogP contribution in [0.4, 0.5) is 10.5 Å². The predicted molar refractivity (Wildman–Crippen MR) is 159 cm³/mol. The molecule has 0 saturated carbocycles. The number of aromatic amines is 1. The summed E-state index contributed by atoms with van der Waals surface area (Å²) in [5.74, 6) is 0.469. The Balaban J connectivity index is 1.55. The number of halogens is 2. The van der Waals surface area contributed by atoms with E-state index in [2.05, 4.69) is 16.4 Å². The van der Waals surface area contributed by atoms with Gasteiger partial charge in [0.1, 0.15) is 12.3 Å². The molecular weight excluding hydrogens is 551 g/mol. The Morgan fingerprint density at radius 3 is 2.35 bits per heavy atom. The van der Waals surface area contributed by atoms with Gasteiger partial charge in [-0.05, 0) is 36.2 Å². The molecule has 0 fully saturated rings. The van der Waals surface area contributed by atoms with Gasteiger partial charge in [0.15, 0.2) is 0 Å². The molecule has 3 amide bonds. The fourth-order valence-electron chi connectivity index (χ4n) is 4.45. The Kier molecular flexibility index (Phi) is 10.3. The molecule has 8 nitrogen and oxygen atoms in total. The smallest absolute Gasteiger partial charge is 0.322 e. The van der Waals surface area contributed by atoms with Crippen LogP contribution in [0.2, 0.25) is 10.0 Å². The zero-order valence-corrected chi connectivity index (χ0v) is 24.0. The molecule has 0 unspecified atom stereocenters. The molecule has 3 aromatic carbocycles. The quantitative estimate of drug-likeness (QED) is 0.207. The number of urea groups is 1. The fraction of sp³-hybridized carbons (Fsp3) is 0.267. The summed E-state index contributed by atoms with van der Waals surface area (Å²) in [6.45, 7) is 1.04. The lowest BCUT2D eigenvalue weighted by molar-refractivity contribution is -0.132. The van der Waals surface area contributed by atoms with Crippen LogP contribution in [0.15, 0.2) is 72.9 Å². The van der Waals surface area contributed by atoms with E-state index in [1.54, 1.807) is 30.2 Å². The van der Waals surface area contributed by atoms with E-state index in [0.717, 1.165) is 22.0 Å². The molecule has 0 aliphatic rings. The van der Waals surface area contributed by atoms with Crippen LogP contribution in [0, 0.1) is 0 Å². The Labute approximate surface area is 243 Å². The number of rotatable bonds is 12. The van der Waals surface area contributed by atoms with Gasteiger partial charge in [0, 0.05) is 49.4 Å². The minimum absolute atomic E-state index is 0.166. The first-order valence-corrected chi connectivity index (χ1v) is 13.6. The molecular formula is C30H32Cl2N4O4. The lowest BCUT2D eigenvalue weighted by Gasteiger charge is -2.28. The summed E-state index contributed by atoms with van der Waals surface area (Å²) < 4.78 is 10.7. The standard InChI is InChI=1S/C30H32Cl2N4O4/c1-39-17-16-36(30(38)34-29-24(31)10-7-11-25(29)32)20-28(37)35(19-22-8-3-6-13-27(22)40-2)15-14-21-18-33-26-12-5-4-9-23(21)26/h3-13,18,33H,14-17,19-20H2,1-2H3,(H,34,38). The second-order valence-electron chi connectivity index (χ2n) is 9.18. The molecule has 4 rings (SSSR count). The van der Waals surface area contributed by atoms with Crippen molar-refractivity contribution in [2.75, 3.05) is 45.8 Å². The van der Waals surface area contributed by atoms with Gasteiger partial charge in [0.25, 0.3) is 0 Å². The van der Waals surface area contributed by atoms with Gasteiger partial charge in [-0.15, -0.1) is 0 Å². The number of anilines is 1. The average Bonchev–Trinajstić information content (AvgIpc) is 3.38. The number of hydrogen-bond acceptors (Lipinski definition) is 4. The monoisotopic (exact) mass is 582 g/mol. The van der Waals surface area contributed by atoms with Crippen molar-refractivity contribution in [2.45, 2.75) is 13.0 Å². The molecule has 210 valence electrons. The molecule has 0 radical (unpaired) electrons. The van der Waals surface area contributed by atoms with Crippen LogP contribution < -0.4 is 10.1 Å². The number of benzene rings is 3. The number of H-pyrrole nitrogens is 1. The van der Waals surface area contributed by atoms with E-state index in [1.165, 1.54) is 12.0 Å². The number of nitrogens with zero attached hydrogens (tertiary/aromatic N) is 2. The topological polar surface area (TPSA) is 86.9 Å². The number of carbonyl (C=O) groups is 2. The van der Waals surface area contributed by atoms with Crippen molar-refractivity contribution >= 4 is 51.7 Å². The number of amides is 3. The summed E-state index contributed by atoms with van der Waals surface area (Å²) in [5, 5.41) is 4.47. The van der Waals surface area contributed by atoms with Crippen LogP contribution >= 0.6 is 23.2 Å². The Hall–Kier alpha value is -3.72. The summed E-state index contributed by atoms with van der Waals surface area (Å²) >= 11 is 12.5. The maximum absolute atomic E-state index is 13.8. The molecule has 1 heterocycles. The van der Waals surface area contributed by atoms with Crippen LogP contribution in [0.25, 0.3) is 10.9 Å². The van der Waals surface area contributed by atoms with Crippen LogP contribution in [0.3, 0.4) is 0 Å². The first-order valence-electron chi connectivity index (χ1n) is 12.8. The Bertz CT molecular complexity index is 1440. The SMILES string of the molecule is COCCN(CC(=O)N(CCc1c[nH]c2ccccc12)Cc1ccccc1OC)C(=O)Nc1c(Cl)cccc1Cl. The summed E-state index contributed by atoms with van der Waals surface area (Å²) in [6, 6.07) is 20.1. The first kappa shape index (κ1) is 29.3. The molecule has 2 N–H and O–H groups in total. The number of methoxy groups -OCH3 is 2. The van der Waals surface area contributed by atoms with Crippen LogP contribution in [-0.4, -0.2) is 67.2 Å². The molecule has 0 bridgehead atoms. The fourth-order valence-corrected chi connectivity index (χ4v) is 4.94. The third-order valence-corrected chi connectivity index (χ3v) is 7.24. The lowest BCUT2D eigenvalue weighted by Crippen LogP contribution is -2.46. The highest BCUT2D eigenvalue weighted by Gasteiger charge is 2.24.